The molecular weight excluding hydrogens is 366 g/mol. The van der Waals surface area contributed by atoms with E-state index in [4.69, 9.17) is 9.47 Å². The number of carbonyl (C=O) groups is 1. The molecule has 1 fully saturated rings. The molecule has 1 amide bonds. The average Bonchev–Trinajstić information content (AvgIpc) is 3.26. The van der Waals surface area contributed by atoms with Gasteiger partial charge in [-0.2, -0.15) is 0 Å². The van der Waals surface area contributed by atoms with Crippen molar-refractivity contribution < 1.29 is 19.4 Å². The minimum Gasteiger partial charge on any atom is -0.449 e. The van der Waals surface area contributed by atoms with Gasteiger partial charge in [-0.1, -0.05) is 60.7 Å². The van der Waals surface area contributed by atoms with E-state index in [1.54, 1.807) is 0 Å². The van der Waals surface area contributed by atoms with Crippen molar-refractivity contribution in [3.63, 3.8) is 0 Å². The van der Waals surface area contributed by atoms with Crippen molar-refractivity contribution in [3.05, 3.63) is 71.8 Å². The van der Waals surface area contributed by atoms with Crippen molar-refractivity contribution >= 4 is 6.09 Å². The Morgan fingerprint density at radius 1 is 1.10 bits per heavy atom. The summed E-state index contributed by atoms with van der Waals surface area (Å²) in [7, 11) is 0. The molecule has 1 saturated heterocycles. The fraction of sp³-hybridized carbons (Fsp3) is 0.458. The lowest BCUT2D eigenvalue weighted by Crippen LogP contribution is -2.40. The van der Waals surface area contributed by atoms with Crippen LogP contribution in [0.3, 0.4) is 0 Å². The highest BCUT2D eigenvalue weighted by Crippen LogP contribution is 2.14. The van der Waals surface area contributed by atoms with Crippen LogP contribution in [-0.2, 0) is 22.3 Å². The molecular formula is C24H31NO4. The number of hydrogen-bond acceptors (Lipinski definition) is 4. The smallest absolute Gasteiger partial charge is 0.407 e. The van der Waals surface area contributed by atoms with E-state index in [0.717, 1.165) is 25.0 Å². The molecule has 0 radical (unpaired) electrons. The van der Waals surface area contributed by atoms with E-state index < -0.39 is 12.2 Å². The SMILES string of the molecule is O=C(N[C@@H](Cc1ccccc1)C[C@@H](O)CCc1ccccc1)OCC1CCOC1. The average molecular weight is 398 g/mol. The van der Waals surface area contributed by atoms with Crippen LogP contribution in [0.15, 0.2) is 60.7 Å². The Labute approximate surface area is 173 Å². The molecule has 29 heavy (non-hydrogen) atoms. The monoisotopic (exact) mass is 397 g/mol. The van der Waals surface area contributed by atoms with Crippen LogP contribution >= 0.6 is 0 Å². The van der Waals surface area contributed by atoms with Crippen LogP contribution in [0.25, 0.3) is 0 Å². The summed E-state index contributed by atoms with van der Waals surface area (Å²) in [5, 5.41) is 13.5. The van der Waals surface area contributed by atoms with Gasteiger partial charge in [-0.05, 0) is 43.2 Å². The Balaban J connectivity index is 1.51. The van der Waals surface area contributed by atoms with Crippen LogP contribution in [0.4, 0.5) is 4.79 Å². The zero-order valence-electron chi connectivity index (χ0n) is 16.8. The third kappa shape index (κ3) is 7.87. The van der Waals surface area contributed by atoms with E-state index in [1.807, 2.05) is 48.5 Å². The fourth-order valence-electron chi connectivity index (χ4n) is 3.63. The van der Waals surface area contributed by atoms with E-state index in [9.17, 15) is 9.90 Å². The zero-order chi connectivity index (χ0) is 20.3. The fourth-order valence-corrected chi connectivity index (χ4v) is 3.63. The molecule has 1 unspecified atom stereocenters. The molecule has 0 aromatic heterocycles. The van der Waals surface area contributed by atoms with Gasteiger partial charge in [0, 0.05) is 18.6 Å². The van der Waals surface area contributed by atoms with Crippen molar-refractivity contribution in [2.45, 2.75) is 44.2 Å². The number of carbonyl (C=O) groups excluding carboxylic acids is 1. The van der Waals surface area contributed by atoms with Gasteiger partial charge in [-0.3, -0.25) is 0 Å². The summed E-state index contributed by atoms with van der Waals surface area (Å²) in [6.45, 7) is 1.76. The predicted octanol–water partition coefficient (Wildman–Crippen LogP) is 3.74. The number of amides is 1. The maximum absolute atomic E-state index is 12.3. The van der Waals surface area contributed by atoms with E-state index in [1.165, 1.54) is 5.56 Å². The molecule has 3 atom stereocenters. The van der Waals surface area contributed by atoms with E-state index in [2.05, 4.69) is 17.4 Å². The number of nitrogens with one attached hydrogen (secondary N) is 1. The van der Waals surface area contributed by atoms with Crippen LogP contribution in [0.5, 0.6) is 0 Å². The normalized spacial score (nSPS) is 18.2. The first-order valence-electron chi connectivity index (χ1n) is 10.5. The van der Waals surface area contributed by atoms with Crippen LogP contribution in [0.1, 0.15) is 30.4 Å². The van der Waals surface area contributed by atoms with Gasteiger partial charge in [0.25, 0.3) is 0 Å². The summed E-state index contributed by atoms with van der Waals surface area (Å²) in [6, 6.07) is 20.0. The molecule has 1 aliphatic heterocycles. The minimum absolute atomic E-state index is 0.185. The van der Waals surface area contributed by atoms with E-state index in [0.29, 0.717) is 32.5 Å². The van der Waals surface area contributed by atoms with Gasteiger partial charge < -0.3 is 19.9 Å². The van der Waals surface area contributed by atoms with Gasteiger partial charge in [0.05, 0.1) is 19.3 Å². The summed E-state index contributed by atoms with van der Waals surface area (Å²) in [6.07, 6.45) is 2.63. The zero-order valence-corrected chi connectivity index (χ0v) is 16.8. The molecule has 1 heterocycles. The van der Waals surface area contributed by atoms with Crippen molar-refractivity contribution in [2.75, 3.05) is 19.8 Å². The number of benzene rings is 2. The lowest BCUT2D eigenvalue weighted by atomic mass is 9.97. The molecule has 5 nitrogen and oxygen atoms in total. The maximum Gasteiger partial charge on any atom is 0.407 e. The lowest BCUT2D eigenvalue weighted by Gasteiger charge is -2.22. The molecule has 2 aromatic rings. The number of aliphatic hydroxyl groups excluding tert-OH is 1. The lowest BCUT2D eigenvalue weighted by molar-refractivity contribution is 0.106. The first-order chi connectivity index (χ1) is 14.2. The number of hydrogen-bond donors (Lipinski definition) is 2. The summed E-state index contributed by atoms with van der Waals surface area (Å²) < 4.78 is 10.7. The van der Waals surface area contributed by atoms with Gasteiger partial charge in [0.2, 0.25) is 0 Å². The summed E-state index contributed by atoms with van der Waals surface area (Å²) in [5.74, 6) is 0.282. The number of aryl methyl sites for hydroxylation is 1. The van der Waals surface area contributed by atoms with Crippen molar-refractivity contribution in [1.29, 1.82) is 0 Å². The van der Waals surface area contributed by atoms with Crippen molar-refractivity contribution in [3.8, 4) is 0 Å². The van der Waals surface area contributed by atoms with Crippen LogP contribution in [0.2, 0.25) is 0 Å². The van der Waals surface area contributed by atoms with Gasteiger partial charge in [0.1, 0.15) is 0 Å². The highest BCUT2D eigenvalue weighted by molar-refractivity contribution is 5.67. The Morgan fingerprint density at radius 2 is 1.79 bits per heavy atom. The van der Waals surface area contributed by atoms with E-state index in [-0.39, 0.29) is 12.0 Å². The Bertz CT molecular complexity index is 716. The molecule has 0 spiro atoms. The number of rotatable bonds is 10. The Hall–Kier alpha value is -2.37. The standard InChI is InChI=1S/C24H31NO4/c26-23(12-11-19-7-3-1-4-8-19)16-22(15-20-9-5-2-6-10-20)25-24(27)29-18-21-13-14-28-17-21/h1-10,21-23,26H,11-18H2,(H,25,27)/t21?,22-,23-/m0/s1. The maximum atomic E-state index is 12.3. The largest absolute Gasteiger partial charge is 0.449 e. The summed E-state index contributed by atoms with van der Waals surface area (Å²) >= 11 is 0. The highest BCUT2D eigenvalue weighted by Gasteiger charge is 2.21. The topological polar surface area (TPSA) is 67.8 Å². The third-order valence-corrected chi connectivity index (χ3v) is 5.29. The van der Waals surface area contributed by atoms with Gasteiger partial charge in [-0.25, -0.2) is 4.79 Å². The molecule has 0 saturated carbocycles. The molecule has 3 rings (SSSR count). The molecule has 5 heteroatoms. The molecule has 0 bridgehead atoms. The quantitative estimate of drug-likeness (QED) is 0.641. The van der Waals surface area contributed by atoms with Gasteiger partial charge in [0.15, 0.2) is 0 Å². The van der Waals surface area contributed by atoms with Crippen LogP contribution in [0, 0.1) is 5.92 Å². The number of ether oxygens (including phenoxy) is 2. The van der Waals surface area contributed by atoms with Gasteiger partial charge in [-0.15, -0.1) is 0 Å². The summed E-state index contributed by atoms with van der Waals surface area (Å²) in [4.78, 5) is 12.3. The molecule has 1 aliphatic rings. The first kappa shape index (κ1) is 21.3. The molecule has 2 aromatic carbocycles. The second-order valence-corrected chi connectivity index (χ2v) is 7.77. The predicted molar refractivity (Wildman–Crippen MR) is 113 cm³/mol. The second kappa shape index (κ2) is 11.6. The number of alkyl carbamates (subject to hydrolysis) is 1. The van der Waals surface area contributed by atoms with Crippen LogP contribution in [-0.4, -0.2) is 43.2 Å². The van der Waals surface area contributed by atoms with E-state index >= 15 is 0 Å². The highest BCUT2D eigenvalue weighted by atomic mass is 16.6. The van der Waals surface area contributed by atoms with Crippen molar-refractivity contribution in [1.82, 2.24) is 5.32 Å². The van der Waals surface area contributed by atoms with Crippen LogP contribution < -0.4 is 5.32 Å². The molecule has 2 N–H and O–H groups in total. The molecule has 156 valence electrons. The van der Waals surface area contributed by atoms with Crippen molar-refractivity contribution in [2.24, 2.45) is 5.92 Å². The Morgan fingerprint density at radius 3 is 2.45 bits per heavy atom. The Kier molecular flexibility index (Phi) is 8.53. The molecule has 0 aliphatic carbocycles. The second-order valence-electron chi connectivity index (χ2n) is 7.77. The number of aliphatic hydroxyl groups is 1. The first-order valence-corrected chi connectivity index (χ1v) is 10.5. The summed E-state index contributed by atoms with van der Waals surface area (Å²) in [5.41, 5.74) is 2.33. The minimum atomic E-state index is -0.493. The van der Waals surface area contributed by atoms with Gasteiger partial charge >= 0.3 is 6.09 Å². The third-order valence-electron chi connectivity index (χ3n) is 5.29.